The van der Waals surface area contributed by atoms with Crippen LogP contribution in [-0.4, -0.2) is 14.6 Å². The van der Waals surface area contributed by atoms with Crippen molar-refractivity contribution in [2.24, 2.45) is 0 Å². The lowest BCUT2D eigenvalue weighted by atomic mass is 10.3. The fourth-order valence-corrected chi connectivity index (χ4v) is 2.96. The number of fused-ring (bicyclic) bond motifs is 1. The molecule has 0 aromatic carbocycles. The summed E-state index contributed by atoms with van der Waals surface area (Å²) in [7, 11) is 0. The molecule has 3 aromatic rings. The van der Waals surface area contributed by atoms with E-state index in [4.69, 9.17) is 23.2 Å². The van der Waals surface area contributed by atoms with Gasteiger partial charge in [-0.3, -0.25) is 0 Å². The molecule has 19 heavy (non-hydrogen) atoms. The van der Waals surface area contributed by atoms with E-state index in [1.165, 1.54) is 0 Å². The molecule has 3 rings (SSSR count). The Morgan fingerprint density at radius 2 is 2.11 bits per heavy atom. The minimum atomic E-state index is 0.102. The van der Waals surface area contributed by atoms with Crippen molar-refractivity contribution >= 4 is 46.1 Å². The summed E-state index contributed by atoms with van der Waals surface area (Å²) in [5.41, 5.74) is 0.753. The van der Waals surface area contributed by atoms with Crippen molar-refractivity contribution in [3.05, 3.63) is 44.7 Å². The molecule has 0 aliphatic heterocycles. The van der Waals surface area contributed by atoms with Gasteiger partial charge in [0.15, 0.2) is 5.65 Å². The predicted molar refractivity (Wildman–Crippen MR) is 79.4 cm³/mol. The second-order valence-electron chi connectivity index (χ2n) is 4.09. The van der Waals surface area contributed by atoms with Crippen molar-refractivity contribution < 1.29 is 0 Å². The van der Waals surface area contributed by atoms with E-state index in [0.29, 0.717) is 11.0 Å². The summed E-state index contributed by atoms with van der Waals surface area (Å²) in [4.78, 5) is 5.52. The van der Waals surface area contributed by atoms with Gasteiger partial charge in [-0.2, -0.15) is 4.98 Å². The number of aromatic nitrogens is 3. The number of anilines is 1. The summed E-state index contributed by atoms with van der Waals surface area (Å²) in [6.45, 7) is 2.04. The lowest BCUT2D eigenvalue weighted by Crippen LogP contribution is -2.06. The Labute approximate surface area is 124 Å². The van der Waals surface area contributed by atoms with E-state index in [2.05, 4.69) is 15.4 Å². The highest BCUT2D eigenvalue weighted by Crippen LogP contribution is 2.28. The van der Waals surface area contributed by atoms with Gasteiger partial charge in [0.05, 0.1) is 15.4 Å². The van der Waals surface area contributed by atoms with Crippen LogP contribution in [-0.2, 0) is 0 Å². The standard InChI is InChI=1S/C12H10Cl2N4S/c1-7(9-3-4-10(14)19-9)15-12-16-11-5-2-8(13)6-18(11)17-12/h2-7H,1H3,(H,15,17). The van der Waals surface area contributed by atoms with Crippen LogP contribution in [0.5, 0.6) is 0 Å². The number of pyridine rings is 1. The Hall–Kier alpha value is -1.30. The van der Waals surface area contributed by atoms with E-state index in [1.807, 2.05) is 25.1 Å². The molecular formula is C12H10Cl2N4S. The van der Waals surface area contributed by atoms with Gasteiger partial charge in [0, 0.05) is 11.1 Å². The Balaban J connectivity index is 1.85. The van der Waals surface area contributed by atoms with Gasteiger partial charge in [-0.15, -0.1) is 16.4 Å². The van der Waals surface area contributed by atoms with Crippen molar-refractivity contribution in [2.75, 3.05) is 5.32 Å². The second kappa shape index (κ2) is 5.00. The van der Waals surface area contributed by atoms with Crippen molar-refractivity contribution in [2.45, 2.75) is 13.0 Å². The van der Waals surface area contributed by atoms with Crippen LogP contribution in [0.1, 0.15) is 17.8 Å². The summed E-state index contributed by atoms with van der Waals surface area (Å²) >= 11 is 13.4. The van der Waals surface area contributed by atoms with Gasteiger partial charge in [-0.1, -0.05) is 23.2 Å². The maximum atomic E-state index is 5.93. The van der Waals surface area contributed by atoms with Crippen LogP contribution in [0, 0.1) is 0 Å². The van der Waals surface area contributed by atoms with Gasteiger partial charge in [-0.25, -0.2) is 4.52 Å². The van der Waals surface area contributed by atoms with E-state index >= 15 is 0 Å². The quantitative estimate of drug-likeness (QED) is 0.785. The molecule has 3 heterocycles. The van der Waals surface area contributed by atoms with Crippen LogP contribution in [0.2, 0.25) is 9.36 Å². The maximum absolute atomic E-state index is 5.93. The normalized spacial score (nSPS) is 12.8. The lowest BCUT2D eigenvalue weighted by molar-refractivity contribution is 0.869. The minimum absolute atomic E-state index is 0.102. The van der Waals surface area contributed by atoms with Crippen LogP contribution in [0.15, 0.2) is 30.5 Å². The third-order valence-corrected chi connectivity index (χ3v) is 4.30. The molecule has 1 N–H and O–H groups in total. The zero-order valence-electron chi connectivity index (χ0n) is 9.97. The summed E-state index contributed by atoms with van der Waals surface area (Å²) in [5.74, 6) is 0.569. The lowest BCUT2D eigenvalue weighted by Gasteiger charge is -2.09. The molecule has 0 radical (unpaired) electrons. The smallest absolute Gasteiger partial charge is 0.243 e. The van der Waals surface area contributed by atoms with Crippen LogP contribution in [0.3, 0.4) is 0 Å². The van der Waals surface area contributed by atoms with Gasteiger partial charge >= 0.3 is 0 Å². The monoisotopic (exact) mass is 312 g/mol. The summed E-state index contributed by atoms with van der Waals surface area (Å²) in [5, 5.41) is 8.20. The van der Waals surface area contributed by atoms with Crippen LogP contribution in [0.25, 0.3) is 5.65 Å². The third kappa shape index (κ3) is 2.68. The number of nitrogens with zero attached hydrogens (tertiary/aromatic N) is 3. The minimum Gasteiger partial charge on any atom is -0.346 e. The zero-order chi connectivity index (χ0) is 13.4. The molecule has 0 saturated carbocycles. The fraction of sp³-hybridized carbons (Fsp3) is 0.167. The van der Waals surface area contributed by atoms with Crippen LogP contribution < -0.4 is 5.32 Å². The van der Waals surface area contributed by atoms with E-state index in [9.17, 15) is 0 Å². The highest BCUT2D eigenvalue weighted by atomic mass is 35.5. The van der Waals surface area contributed by atoms with Crippen molar-refractivity contribution in [1.29, 1.82) is 0 Å². The van der Waals surface area contributed by atoms with Crippen molar-refractivity contribution in [1.82, 2.24) is 14.6 Å². The topological polar surface area (TPSA) is 42.2 Å². The largest absolute Gasteiger partial charge is 0.346 e. The molecule has 0 saturated heterocycles. The first kappa shape index (κ1) is 12.7. The number of halogens is 2. The molecule has 0 spiro atoms. The molecule has 0 bridgehead atoms. The fourth-order valence-electron chi connectivity index (χ4n) is 1.74. The number of thiophene rings is 1. The highest BCUT2D eigenvalue weighted by molar-refractivity contribution is 7.16. The van der Waals surface area contributed by atoms with Gasteiger partial charge < -0.3 is 5.32 Å². The van der Waals surface area contributed by atoms with Crippen molar-refractivity contribution in [3.8, 4) is 0 Å². The summed E-state index contributed by atoms with van der Waals surface area (Å²) in [6.07, 6.45) is 1.72. The zero-order valence-corrected chi connectivity index (χ0v) is 12.3. The van der Waals surface area contributed by atoms with E-state index < -0.39 is 0 Å². The average molecular weight is 313 g/mol. The summed E-state index contributed by atoms with van der Waals surface area (Å²) < 4.78 is 2.43. The molecule has 0 aliphatic carbocycles. The Bertz CT molecular complexity index is 721. The molecule has 1 unspecified atom stereocenters. The number of rotatable bonds is 3. The first-order chi connectivity index (χ1) is 9.11. The highest BCUT2D eigenvalue weighted by Gasteiger charge is 2.11. The second-order valence-corrected chi connectivity index (χ2v) is 6.28. The van der Waals surface area contributed by atoms with E-state index in [-0.39, 0.29) is 6.04 Å². The average Bonchev–Trinajstić information content (AvgIpc) is 2.94. The first-order valence-corrected chi connectivity index (χ1v) is 7.23. The van der Waals surface area contributed by atoms with E-state index in [1.54, 1.807) is 28.1 Å². The number of nitrogens with one attached hydrogen (secondary N) is 1. The Morgan fingerprint density at radius 1 is 1.26 bits per heavy atom. The molecular weight excluding hydrogens is 303 g/mol. The van der Waals surface area contributed by atoms with Gasteiger partial charge in [0.2, 0.25) is 5.95 Å². The summed E-state index contributed by atoms with van der Waals surface area (Å²) in [6, 6.07) is 7.60. The van der Waals surface area contributed by atoms with Gasteiger partial charge in [-0.05, 0) is 31.2 Å². The number of hydrogen-bond acceptors (Lipinski definition) is 4. The third-order valence-electron chi connectivity index (χ3n) is 2.66. The Kier molecular flexibility index (Phi) is 3.35. The molecule has 98 valence electrons. The molecule has 1 atom stereocenters. The maximum Gasteiger partial charge on any atom is 0.243 e. The van der Waals surface area contributed by atoms with Gasteiger partial charge in [0.1, 0.15) is 0 Å². The predicted octanol–water partition coefficient (Wildman–Crippen LogP) is 4.27. The number of hydrogen-bond donors (Lipinski definition) is 1. The van der Waals surface area contributed by atoms with Gasteiger partial charge in [0.25, 0.3) is 0 Å². The SMILES string of the molecule is CC(Nc1nc2ccc(Cl)cn2n1)c1ccc(Cl)s1. The van der Waals surface area contributed by atoms with Crippen LogP contribution >= 0.6 is 34.5 Å². The Morgan fingerprint density at radius 3 is 2.84 bits per heavy atom. The molecule has 4 nitrogen and oxygen atoms in total. The molecule has 0 aliphatic rings. The van der Waals surface area contributed by atoms with Crippen LogP contribution in [0.4, 0.5) is 5.95 Å². The van der Waals surface area contributed by atoms with E-state index in [0.717, 1.165) is 14.9 Å². The first-order valence-electron chi connectivity index (χ1n) is 5.65. The van der Waals surface area contributed by atoms with Crippen molar-refractivity contribution in [3.63, 3.8) is 0 Å². The molecule has 0 fully saturated rings. The molecule has 7 heteroatoms. The molecule has 3 aromatic heterocycles. The molecule has 0 amide bonds.